The molecule has 2 atom stereocenters. The number of carbonyl (C=O) groups is 1. The standard InChI is InChI=1S/C19H30N2O2/c1-13(2)18-8-7-17(10-14(18)3)23-12-19(22)21-9-5-6-16(11-21)15(4)20/h7-8,10,13,15-16H,5-6,9,11-12,20H2,1-4H3/t15-,16+/m1/s1. The van der Waals surface area contributed by atoms with Crippen molar-refractivity contribution in [1.29, 1.82) is 0 Å². The number of benzene rings is 1. The van der Waals surface area contributed by atoms with Gasteiger partial charge in [0.15, 0.2) is 6.61 Å². The second kappa shape index (κ2) is 7.82. The van der Waals surface area contributed by atoms with Gasteiger partial charge < -0.3 is 15.4 Å². The average molecular weight is 318 g/mol. The lowest BCUT2D eigenvalue weighted by Crippen LogP contribution is -2.46. The molecule has 4 heteroatoms. The molecule has 1 amide bonds. The van der Waals surface area contributed by atoms with E-state index in [4.69, 9.17) is 10.5 Å². The summed E-state index contributed by atoms with van der Waals surface area (Å²) in [6.07, 6.45) is 2.14. The van der Waals surface area contributed by atoms with Gasteiger partial charge in [-0.25, -0.2) is 0 Å². The molecule has 0 aromatic heterocycles. The second-order valence-corrected chi connectivity index (χ2v) is 7.06. The fourth-order valence-electron chi connectivity index (χ4n) is 3.29. The molecule has 1 heterocycles. The zero-order valence-corrected chi connectivity index (χ0v) is 14.8. The van der Waals surface area contributed by atoms with Gasteiger partial charge in [-0.2, -0.15) is 0 Å². The smallest absolute Gasteiger partial charge is 0.260 e. The van der Waals surface area contributed by atoms with Crippen molar-refractivity contribution in [3.8, 4) is 5.75 Å². The maximum Gasteiger partial charge on any atom is 0.260 e. The minimum atomic E-state index is 0.0564. The van der Waals surface area contributed by atoms with Crippen molar-refractivity contribution in [3.63, 3.8) is 0 Å². The first kappa shape index (κ1) is 17.8. The van der Waals surface area contributed by atoms with Crippen LogP contribution in [0.1, 0.15) is 50.7 Å². The van der Waals surface area contributed by atoms with Gasteiger partial charge in [0.05, 0.1) is 0 Å². The quantitative estimate of drug-likeness (QED) is 0.907. The summed E-state index contributed by atoms with van der Waals surface area (Å²) in [4.78, 5) is 14.3. The molecule has 0 radical (unpaired) electrons. The van der Waals surface area contributed by atoms with E-state index < -0.39 is 0 Å². The number of nitrogens with zero attached hydrogens (tertiary/aromatic N) is 1. The normalized spacial score (nSPS) is 19.7. The molecule has 128 valence electrons. The summed E-state index contributed by atoms with van der Waals surface area (Å²) in [5.74, 6) is 1.72. The zero-order chi connectivity index (χ0) is 17.0. The topological polar surface area (TPSA) is 55.6 Å². The van der Waals surface area contributed by atoms with Gasteiger partial charge in [0.25, 0.3) is 5.91 Å². The molecular formula is C19H30N2O2. The van der Waals surface area contributed by atoms with Gasteiger partial charge in [-0.15, -0.1) is 0 Å². The van der Waals surface area contributed by atoms with Gasteiger partial charge in [0, 0.05) is 19.1 Å². The molecule has 1 aromatic carbocycles. The monoisotopic (exact) mass is 318 g/mol. The van der Waals surface area contributed by atoms with E-state index in [1.807, 2.05) is 24.0 Å². The number of ether oxygens (including phenoxy) is 1. The highest BCUT2D eigenvalue weighted by Gasteiger charge is 2.25. The Morgan fingerprint density at radius 3 is 2.74 bits per heavy atom. The molecule has 23 heavy (non-hydrogen) atoms. The van der Waals surface area contributed by atoms with Gasteiger partial charge in [-0.1, -0.05) is 19.9 Å². The third kappa shape index (κ3) is 4.71. The molecule has 1 fully saturated rings. The maximum atomic E-state index is 12.4. The first-order valence-corrected chi connectivity index (χ1v) is 8.65. The van der Waals surface area contributed by atoms with Crippen molar-refractivity contribution in [2.24, 2.45) is 11.7 Å². The Kier molecular flexibility index (Phi) is 6.05. The lowest BCUT2D eigenvalue weighted by molar-refractivity contribution is -0.135. The lowest BCUT2D eigenvalue weighted by Gasteiger charge is -2.34. The van der Waals surface area contributed by atoms with Crippen LogP contribution in [-0.2, 0) is 4.79 Å². The highest BCUT2D eigenvalue weighted by molar-refractivity contribution is 5.77. The molecule has 1 aromatic rings. The van der Waals surface area contributed by atoms with Gasteiger partial charge >= 0.3 is 0 Å². The van der Waals surface area contributed by atoms with Crippen LogP contribution in [0.2, 0.25) is 0 Å². The van der Waals surface area contributed by atoms with Crippen LogP contribution in [0.4, 0.5) is 0 Å². The van der Waals surface area contributed by atoms with Crippen molar-refractivity contribution >= 4 is 5.91 Å². The van der Waals surface area contributed by atoms with Crippen LogP contribution >= 0.6 is 0 Å². The third-order valence-electron chi connectivity index (χ3n) is 4.78. The van der Waals surface area contributed by atoms with Crippen LogP contribution in [0.5, 0.6) is 5.75 Å². The predicted molar refractivity (Wildman–Crippen MR) is 93.7 cm³/mol. The number of amides is 1. The largest absolute Gasteiger partial charge is 0.484 e. The number of carbonyl (C=O) groups excluding carboxylic acids is 1. The first-order chi connectivity index (χ1) is 10.9. The Balaban J connectivity index is 1.90. The summed E-state index contributed by atoms with van der Waals surface area (Å²) in [6.45, 7) is 10.1. The highest BCUT2D eigenvalue weighted by Crippen LogP contribution is 2.24. The van der Waals surface area contributed by atoms with Crippen LogP contribution in [0, 0.1) is 12.8 Å². The van der Waals surface area contributed by atoms with E-state index in [0.29, 0.717) is 11.8 Å². The van der Waals surface area contributed by atoms with Gasteiger partial charge in [0.1, 0.15) is 5.75 Å². The van der Waals surface area contributed by atoms with E-state index in [-0.39, 0.29) is 18.6 Å². The average Bonchev–Trinajstić information content (AvgIpc) is 2.52. The molecule has 0 saturated carbocycles. The molecule has 2 rings (SSSR count). The maximum absolute atomic E-state index is 12.4. The first-order valence-electron chi connectivity index (χ1n) is 8.65. The number of aryl methyl sites for hydroxylation is 1. The fourth-order valence-corrected chi connectivity index (χ4v) is 3.29. The zero-order valence-electron chi connectivity index (χ0n) is 14.8. The van der Waals surface area contributed by atoms with Crippen LogP contribution in [0.15, 0.2) is 18.2 Å². The third-order valence-corrected chi connectivity index (χ3v) is 4.78. The van der Waals surface area contributed by atoms with E-state index in [1.54, 1.807) is 0 Å². The summed E-state index contributed by atoms with van der Waals surface area (Å²) in [5.41, 5.74) is 8.51. The van der Waals surface area contributed by atoms with Crippen molar-refractivity contribution < 1.29 is 9.53 Å². The van der Waals surface area contributed by atoms with E-state index in [9.17, 15) is 4.79 Å². The van der Waals surface area contributed by atoms with Crippen molar-refractivity contribution in [2.75, 3.05) is 19.7 Å². The Labute approximate surface area is 140 Å². The van der Waals surface area contributed by atoms with E-state index in [0.717, 1.165) is 31.7 Å². The summed E-state index contributed by atoms with van der Waals surface area (Å²) >= 11 is 0. The van der Waals surface area contributed by atoms with E-state index in [2.05, 4.69) is 26.8 Å². The molecular weight excluding hydrogens is 288 g/mol. The number of nitrogens with two attached hydrogens (primary N) is 1. The second-order valence-electron chi connectivity index (χ2n) is 7.06. The SMILES string of the molecule is Cc1cc(OCC(=O)N2CCC[C@H]([C@@H](C)N)C2)ccc1C(C)C. The Hall–Kier alpha value is -1.55. The summed E-state index contributed by atoms with van der Waals surface area (Å²) in [7, 11) is 0. The number of hydrogen-bond donors (Lipinski definition) is 1. The number of piperidine rings is 1. The fraction of sp³-hybridized carbons (Fsp3) is 0.632. The highest BCUT2D eigenvalue weighted by atomic mass is 16.5. The minimum absolute atomic E-state index is 0.0564. The van der Waals surface area contributed by atoms with Crippen LogP contribution in [0.3, 0.4) is 0 Å². The summed E-state index contributed by atoms with van der Waals surface area (Å²) < 4.78 is 5.71. The van der Waals surface area contributed by atoms with E-state index >= 15 is 0 Å². The molecule has 0 spiro atoms. The lowest BCUT2D eigenvalue weighted by atomic mass is 9.92. The molecule has 0 aliphatic carbocycles. The van der Waals surface area contributed by atoms with Crippen molar-refractivity contribution in [1.82, 2.24) is 4.90 Å². The molecule has 0 bridgehead atoms. The Morgan fingerprint density at radius 2 is 2.13 bits per heavy atom. The molecule has 1 saturated heterocycles. The van der Waals surface area contributed by atoms with Gasteiger partial charge in [0.2, 0.25) is 0 Å². The number of hydrogen-bond acceptors (Lipinski definition) is 3. The molecule has 0 unspecified atom stereocenters. The summed E-state index contributed by atoms with van der Waals surface area (Å²) in [5, 5.41) is 0. The minimum Gasteiger partial charge on any atom is -0.484 e. The van der Waals surface area contributed by atoms with Crippen molar-refractivity contribution in [3.05, 3.63) is 29.3 Å². The van der Waals surface area contributed by atoms with E-state index in [1.165, 1.54) is 11.1 Å². The van der Waals surface area contributed by atoms with Crippen LogP contribution < -0.4 is 10.5 Å². The number of rotatable bonds is 5. The Bertz CT molecular complexity index is 540. The van der Waals surface area contributed by atoms with Crippen LogP contribution in [-0.4, -0.2) is 36.5 Å². The van der Waals surface area contributed by atoms with Gasteiger partial charge in [-0.3, -0.25) is 4.79 Å². The molecule has 1 aliphatic heterocycles. The summed E-state index contributed by atoms with van der Waals surface area (Å²) in [6, 6.07) is 6.20. The Morgan fingerprint density at radius 1 is 1.39 bits per heavy atom. The molecule has 1 aliphatic rings. The molecule has 2 N–H and O–H groups in total. The van der Waals surface area contributed by atoms with Crippen LogP contribution in [0.25, 0.3) is 0 Å². The van der Waals surface area contributed by atoms with Crippen molar-refractivity contribution in [2.45, 2.75) is 52.5 Å². The van der Waals surface area contributed by atoms with Gasteiger partial charge in [-0.05, 0) is 61.8 Å². The number of likely N-dealkylation sites (tertiary alicyclic amines) is 1. The molecule has 4 nitrogen and oxygen atoms in total. The predicted octanol–water partition coefficient (Wildman–Crippen LogP) is 3.08.